The minimum atomic E-state index is 0.609. The molecule has 0 radical (unpaired) electrons. The van der Waals surface area contributed by atoms with Crippen LogP contribution < -0.4 is 5.43 Å². The first-order valence-electron chi connectivity index (χ1n) is 4.42. The number of rotatable bonds is 3. The van der Waals surface area contributed by atoms with Gasteiger partial charge in [-0.2, -0.15) is 10.2 Å². The zero-order valence-electron chi connectivity index (χ0n) is 7.91. The van der Waals surface area contributed by atoms with Crippen molar-refractivity contribution >= 4 is 12.0 Å². The van der Waals surface area contributed by atoms with E-state index in [1.165, 1.54) is 0 Å². The number of anilines is 1. The fourth-order valence-electron chi connectivity index (χ4n) is 0.986. The molecule has 0 aliphatic carbocycles. The minimum Gasteiger partial charge on any atom is -0.264 e. The van der Waals surface area contributed by atoms with E-state index in [4.69, 9.17) is 0 Å². The third kappa shape index (κ3) is 2.84. The minimum absolute atomic E-state index is 0.609. The van der Waals surface area contributed by atoms with Gasteiger partial charge in [0, 0.05) is 24.2 Å². The SMILES string of the molecule is C(=N\Nc1cccnn1)/c1cccnc1. The summed E-state index contributed by atoms with van der Waals surface area (Å²) < 4.78 is 0. The largest absolute Gasteiger partial charge is 0.264 e. The summed E-state index contributed by atoms with van der Waals surface area (Å²) >= 11 is 0. The number of hydrazone groups is 1. The van der Waals surface area contributed by atoms with Crippen LogP contribution in [0.2, 0.25) is 0 Å². The van der Waals surface area contributed by atoms with Crippen molar-refractivity contribution in [2.45, 2.75) is 0 Å². The van der Waals surface area contributed by atoms with Crippen LogP contribution >= 0.6 is 0 Å². The third-order valence-electron chi connectivity index (χ3n) is 1.65. The van der Waals surface area contributed by atoms with E-state index in [0.29, 0.717) is 5.82 Å². The lowest BCUT2D eigenvalue weighted by molar-refractivity contribution is 1.02. The monoisotopic (exact) mass is 199 g/mol. The molecule has 0 spiro atoms. The number of hydrogen-bond acceptors (Lipinski definition) is 5. The molecule has 0 amide bonds. The second kappa shape index (κ2) is 4.80. The van der Waals surface area contributed by atoms with Crippen LogP contribution in [0.4, 0.5) is 5.82 Å². The number of nitrogens with one attached hydrogen (secondary N) is 1. The van der Waals surface area contributed by atoms with Gasteiger partial charge in [-0.25, -0.2) is 0 Å². The van der Waals surface area contributed by atoms with E-state index in [0.717, 1.165) is 5.56 Å². The first kappa shape index (κ1) is 9.26. The van der Waals surface area contributed by atoms with Gasteiger partial charge in [-0.05, 0) is 18.2 Å². The molecule has 2 aromatic rings. The highest BCUT2D eigenvalue weighted by molar-refractivity contribution is 5.79. The molecule has 2 heterocycles. The number of nitrogens with zero attached hydrogens (tertiary/aromatic N) is 4. The van der Waals surface area contributed by atoms with E-state index in [9.17, 15) is 0 Å². The van der Waals surface area contributed by atoms with Gasteiger partial charge in [-0.3, -0.25) is 10.4 Å². The number of hydrogen-bond donors (Lipinski definition) is 1. The predicted octanol–water partition coefficient (Wildman–Crippen LogP) is 1.32. The Morgan fingerprint density at radius 2 is 2.13 bits per heavy atom. The average Bonchev–Trinajstić information content (AvgIpc) is 2.32. The van der Waals surface area contributed by atoms with Crippen molar-refractivity contribution in [3.05, 3.63) is 48.4 Å². The van der Waals surface area contributed by atoms with Crippen molar-refractivity contribution in [2.75, 3.05) is 5.43 Å². The number of aromatic nitrogens is 3. The molecule has 0 atom stereocenters. The van der Waals surface area contributed by atoms with Gasteiger partial charge in [-0.15, -0.1) is 5.10 Å². The van der Waals surface area contributed by atoms with Crippen LogP contribution in [0.5, 0.6) is 0 Å². The Bertz CT molecular complexity index is 426. The summed E-state index contributed by atoms with van der Waals surface area (Å²) in [4.78, 5) is 3.96. The predicted molar refractivity (Wildman–Crippen MR) is 57.5 cm³/mol. The van der Waals surface area contributed by atoms with Gasteiger partial charge in [0.1, 0.15) is 0 Å². The first-order valence-corrected chi connectivity index (χ1v) is 4.42. The van der Waals surface area contributed by atoms with Gasteiger partial charge in [-0.1, -0.05) is 6.07 Å². The molecule has 15 heavy (non-hydrogen) atoms. The van der Waals surface area contributed by atoms with Crippen molar-refractivity contribution in [1.82, 2.24) is 15.2 Å². The van der Waals surface area contributed by atoms with Crippen molar-refractivity contribution in [3.8, 4) is 0 Å². The van der Waals surface area contributed by atoms with Crippen LogP contribution in [-0.4, -0.2) is 21.4 Å². The summed E-state index contributed by atoms with van der Waals surface area (Å²) in [6.45, 7) is 0. The lowest BCUT2D eigenvalue weighted by Gasteiger charge is -1.95. The van der Waals surface area contributed by atoms with E-state index in [1.54, 1.807) is 36.9 Å². The molecular formula is C10H9N5. The Morgan fingerprint density at radius 3 is 2.87 bits per heavy atom. The molecule has 1 N–H and O–H groups in total. The standard InChI is InChI=1S/C10H9N5/c1-3-9(7-11-5-1)8-13-15-10-4-2-6-12-14-10/h1-8H,(H,14,15)/b13-8+. The smallest absolute Gasteiger partial charge is 0.168 e. The molecule has 0 aliphatic rings. The Labute approximate surface area is 86.9 Å². The van der Waals surface area contributed by atoms with E-state index in [1.807, 2.05) is 12.1 Å². The molecule has 0 saturated heterocycles. The van der Waals surface area contributed by atoms with Gasteiger partial charge >= 0.3 is 0 Å². The molecule has 0 saturated carbocycles. The molecular weight excluding hydrogens is 190 g/mol. The van der Waals surface area contributed by atoms with Gasteiger partial charge < -0.3 is 0 Å². The summed E-state index contributed by atoms with van der Waals surface area (Å²) in [5.74, 6) is 0.609. The Balaban J connectivity index is 1.97. The van der Waals surface area contributed by atoms with Crippen molar-refractivity contribution in [1.29, 1.82) is 0 Å². The molecule has 2 rings (SSSR count). The molecule has 74 valence electrons. The van der Waals surface area contributed by atoms with Crippen LogP contribution in [0.1, 0.15) is 5.56 Å². The lowest BCUT2D eigenvalue weighted by Crippen LogP contribution is -1.94. The Hall–Kier alpha value is -2.30. The van der Waals surface area contributed by atoms with E-state index in [-0.39, 0.29) is 0 Å². The molecule has 0 aliphatic heterocycles. The van der Waals surface area contributed by atoms with E-state index in [2.05, 4.69) is 25.7 Å². The molecule has 0 aromatic carbocycles. The topological polar surface area (TPSA) is 63.1 Å². The van der Waals surface area contributed by atoms with Gasteiger partial charge in [0.25, 0.3) is 0 Å². The average molecular weight is 199 g/mol. The zero-order chi connectivity index (χ0) is 10.3. The molecule has 5 heteroatoms. The maximum absolute atomic E-state index is 3.99. The summed E-state index contributed by atoms with van der Waals surface area (Å²) in [5, 5.41) is 11.5. The first-order chi connectivity index (χ1) is 7.45. The summed E-state index contributed by atoms with van der Waals surface area (Å²) in [6.07, 6.45) is 6.72. The highest BCUT2D eigenvalue weighted by Gasteiger charge is 1.88. The maximum Gasteiger partial charge on any atom is 0.168 e. The van der Waals surface area contributed by atoms with Crippen molar-refractivity contribution in [2.24, 2.45) is 5.10 Å². The highest BCUT2D eigenvalue weighted by atomic mass is 15.3. The van der Waals surface area contributed by atoms with E-state index < -0.39 is 0 Å². The molecule has 0 fully saturated rings. The summed E-state index contributed by atoms with van der Waals surface area (Å²) in [5.41, 5.74) is 3.69. The van der Waals surface area contributed by atoms with E-state index >= 15 is 0 Å². The molecule has 0 unspecified atom stereocenters. The zero-order valence-corrected chi connectivity index (χ0v) is 7.91. The van der Waals surface area contributed by atoms with Crippen LogP contribution in [0.3, 0.4) is 0 Å². The second-order valence-corrected chi connectivity index (χ2v) is 2.77. The van der Waals surface area contributed by atoms with Gasteiger partial charge in [0.15, 0.2) is 5.82 Å². The Kier molecular flexibility index (Phi) is 2.97. The maximum atomic E-state index is 3.99. The van der Waals surface area contributed by atoms with Crippen molar-refractivity contribution < 1.29 is 0 Å². The fraction of sp³-hybridized carbons (Fsp3) is 0. The normalized spacial score (nSPS) is 10.4. The quantitative estimate of drug-likeness (QED) is 0.598. The van der Waals surface area contributed by atoms with Gasteiger partial charge in [0.2, 0.25) is 0 Å². The van der Waals surface area contributed by atoms with Crippen LogP contribution in [0.15, 0.2) is 48.0 Å². The highest BCUT2D eigenvalue weighted by Crippen LogP contribution is 1.97. The van der Waals surface area contributed by atoms with Crippen LogP contribution in [-0.2, 0) is 0 Å². The molecule has 0 bridgehead atoms. The summed E-state index contributed by atoms with van der Waals surface area (Å²) in [6, 6.07) is 7.33. The second-order valence-electron chi connectivity index (χ2n) is 2.77. The van der Waals surface area contributed by atoms with Gasteiger partial charge in [0.05, 0.1) is 6.21 Å². The Morgan fingerprint density at radius 1 is 1.20 bits per heavy atom. The third-order valence-corrected chi connectivity index (χ3v) is 1.65. The molecule has 2 aromatic heterocycles. The lowest BCUT2D eigenvalue weighted by atomic mass is 10.3. The number of pyridine rings is 1. The van der Waals surface area contributed by atoms with Crippen molar-refractivity contribution in [3.63, 3.8) is 0 Å². The van der Waals surface area contributed by atoms with Crippen LogP contribution in [0.25, 0.3) is 0 Å². The molecule has 5 nitrogen and oxygen atoms in total. The van der Waals surface area contributed by atoms with Crippen LogP contribution in [0, 0.1) is 0 Å². The fourth-order valence-corrected chi connectivity index (χ4v) is 0.986. The summed E-state index contributed by atoms with van der Waals surface area (Å²) in [7, 11) is 0.